The molecule has 2 heterocycles. The molecule has 1 amide bonds. The van der Waals surface area contributed by atoms with E-state index in [0.717, 1.165) is 39.0 Å². The molecular weight excluding hydrogens is 264 g/mol. The van der Waals surface area contributed by atoms with Crippen molar-refractivity contribution in [3.8, 4) is 0 Å². The zero-order valence-corrected chi connectivity index (χ0v) is 12.7. The maximum atomic E-state index is 12.1. The van der Waals surface area contributed by atoms with Gasteiger partial charge >= 0.3 is 0 Å². The first kappa shape index (κ1) is 16.7. The number of likely N-dealkylation sites (tertiary alicyclic amines) is 1. The van der Waals surface area contributed by atoms with Crippen LogP contribution in [0.1, 0.15) is 45.4 Å². The summed E-state index contributed by atoms with van der Waals surface area (Å²) < 4.78 is 5.66. The first-order valence-electron chi connectivity index (χ1n) is 7.32. The molecule has 2 rings (SSSR count). The summed E-state index contributed by atoms with van der Waals surface area (Å²) in [5.74, 6) is 0.705. The van der Waals surface area contributed by atoms with Crippen LogP contribution in [0.15, 0.2) is 0 Å². The number of hydrogen-bond donors (Lipinski definition) is 1. The molecule has 0 spiro atoms. The summed E-state index contributed by atoms with van der Waals surface area (Å²) >= 11 is 0. The van der Waals surface area contributed by atoms with Crippen molar-refractivity contribution in [2.45, 2.75) is 57.6 Å². The second-order valence-corrected chi connectivity index (χ2v) is 5.80. The van der Waals surface area contributed by atoms with Crippen molar-refractivity contribution in [2.75, 3.05) is 19.7 Å². The number of nitrogens with zero attached hydrogens (tertiary/aromatic N) is 1. The van der Waals surface area contributed by atoms with E-state index in [-0.39, 0.29) is 24.4 Å². The van der Waals surface area contributed by atoms with E-state index < -0.39 is 0 Å². The Hall–Kier alpha value is -0.320. The average Bonchev–Trinajstić information content (AvgIpc) is 2.40. The summed E-state index contributed by atoms with van der Waals surface area (Å²) in [6.45, 7) is 4.66. The third-order valence-corrected chi connectivity index (χ3v) is 4.28. The fraction of sp³-hybridized carbons (Fsp3) is 0.929. The van der Waals surface area contributed by atoms with Crippen molar-refractivity contribution < 1.29 is 9.53 Å². The van der Waals surface area contributed by atoms with Crippen LogP contribution in [0.5, 0.6) is 0 Å². The fourth-order valence-corrected chi connectivity index (χ4v) is 2.87. The Balaban J connectivity index is 0.00000180. The Labute approximate surface area is 122 Å². The number of hydrogen-bond acceptors (Lipinski definition) is 3. The predicted octanol–water partition coefficient (Wildman–Crippen LogP) is 1.95. The van der Waals surface area contributed by atoms with Gasteiger partial charge in [0.05, 0.1) is 6.10 Å². The van der Waals surface area contributed by atoms with Crippen molar-refractivity contribution >= 4 is 18.3 Å². The highest BCUT2D eigenvalue weighted by molar-refractivity contribution is 5.85. The minimum Gasteiger partial charge on any atom is -0.378 e. The molecule has 0 aromatic heterocycles. The van der Waals surface area contributed by atoms with Crippen LogP contribution in [-0.2, 0) is 9.53 Å². The molecule has 3 atom stereocenters. The van der Waals surface area contributed by atoms with E-state index in [1.807, 2.05) is 4.90 Å². The minimum atomic E-state index is 0. The van der Waals surface area contributed by atoms with E-state index in [0.29, 0.717) is 18.4 Å². The molecule has 0 aromatic rings. The SMILES string of the molecule is CC1CN(C(=O)CCC2CCCCO2)CCC1N.Cl. The van der Waals surface area contributed by atoms with Crippen LogP contribution in [0, 0.1) is 5.92 Å². The number of piperidine rings is 1. The standard InChI is InChI=1S/C14H26N2O2.ClH/c1-11-10-16(8-7-13(11)15)14(17)6-5-12-4-2-3-9-18-12;/h11-13H,2-10,15H2,1H3;1H. The van der Waals surface area contributed by atoms with Gasteiger partial charge in [0.25, 0.3) is 0 Å². The maximum absolute atomic E-state index is 12.1. The van der Waals surface area contributed by atoms with Gasteiger partial charge in [0, 0.05) is 32.2 Å². The Bertz CT molecular complexity index is 283. The summed E-state index contributed by atoms with van der Waals surface area (Å²) in [7, 11) is 0. The summed E-state index contributed by atoms with van der Waals surface area (Å²) in [6, 6.07) is 0.260. The first-order valence-corrected chi connectivity index (χ1v) is 7.32. The number of halogens is 1. The molecule has 0 bridgehead atoms. The monoisotopic (exact) mass is 290 g/mol. The topological polar surface area (TPSA) is 55.6 Å². The van der Waals surface area contributed by atoms with Crippen molar-refractivity contribution in [2.24, 2.45) is 11.7 Å². The molecule has 5 heteroatoms. The highest BCUT2D eigenvalue weighted by Crippen LogP contribution is 2.19. The molecule has 3 unspecified atom stereocenters. The van der Waals surface area contributed by atoms with Crippen LogP contribution >= 0.6 is 12.4 Å². The molecule has 0 aliphatic carbocycles. The summed E-state index contributed by atoms with van der Waals surface area (Å²) in [4.78, 5) is 14.1. The molecule has 4 nitrogen and oxygen atoms in total. The minimum absolute atomic E-state index is 0. The molecule has 0 saturated carbocycles. The van der Waals surface area contributed by atoms with Gasteiger partial charge in [-0.2, -0.15) is 0 Å². The van der Waals surface area contributed by atoms with E-state index in [4.69, 9.17) is 10.5 Å². The Morgan fingerprint density at radius 1 is 1.37 bits per heavy atom. The molecule has 112 valence electrons. The number of carbonyl (C=O) groups excluding carboxylic acids is 1. The van der Waals surface area contributed by atoms with Crippen LogP contribution in [0.25, 0.3) is 0 Å². The van der Waals surface area contributed by atoms with Gasteiger partial charge in [-0.15, -0.1) is 12.4 Å². The van der Waals surface area contributed by atoms with E-state index in [1.54, 1.807) is 0 Å². The predicted molar refractivity (Wildman–Crippen MR) is 78.4 cm³/mol. The second-order valence-electron chi connectivity index (χ2n) is 5.80. The van der Waals surface area contributed by atoms with Crippen molar-refractivity contribution in [1.82, 2.24) is 4.90 Å². The van der Waals surface area contributed by atoms with Gasteiger partial charge < -0.3 is 15.4 Å². The number of nitrogens with two attached hydrogens (primary N) is 1. The lowest BCUT2D eigenvalue weighted by Gasteiger charge is -2.35. The average molecular weight is 291 g/mol. The van der Waals surface area contributed by atoms with Crippen molar-refractivity contribution in [3.05, 3.63) is 0 Å². The number of amides is 1. The van der Waals surface area contributed by atoms with Crippen LogP contribution in [0.2, 0.25) is 0 Å². The number of ether oxygens (including phenoxy) is 1. The van der Waals surface area contributed by atoms with Crippen LogP contribution in [0.4, 0.5) is 0 Å². The lowest BCUT2D eigenvalue weighted by atomic mass is 9.94. The molecule has 2 fully saturated rings. The Morgan fingerprint density at radius 3 is 2.79 bits per heavy atom. The largest absolute Gasteiger partial charge is 0.378 e. The zero-order valence-electron chi connectivity index (χ0n) is 11.8. The quantitative estimate of drug-likeness (QED) is 0.864. The lowest BCUT2D eigenvalue weighted by molar-refractivity contribution is -0.134. The van der Waals surface area contributed by atoms with E-state index in [1.165, 1.54) is 12.8 Å². The van der Waals surface area contributed by atoms with Crippen LogP contribution < -0.4 is 5.73 Å². The van der Waals surface area contributed by atoms with Gasteiger partial charge in [-0.25, -0.2) is 0 Å². The molecule has 2 N–H and O–H groups in total. The van der Waals surface area contributed by atoms with E-state index in [9.17, 15) is 4.79 Å². The molecule has 19 heavy (non-hydrogen) atoms. The van der Waals surface area contributed by atoms with Gasteiger partial charge in [-0.1, -0.05) is 6.92 Å². The number of carbonyl (C=O) groups is 1. The maximum Gasteiger partial charge on any atom is 0.222 e. The van der Waals surface area contributed by atoms with Gasteiger partial charge in [-0.3, -0.25) is 4.79 Å². The van der Waals surface area contributed by atoms with Gasteiger partial charge in [-0.05, 0) is 38.0 Å². The lowest BCUT2D eigenvalue weighted by Crippen LogP contribution is -2.48. The highest BCUT2D eigenvalue weighted by Gasteiger charge is 2.26. The Kier molecular flexibility index (Phi) is 7.11. The molecule has 0 aromatic carbocycles. The molecular formula is C14H27ClN2O2. The molecule has 0 radical (unpaired) electrons. The number of rotatable bonds is 3. The van der Waals surface area contributed by atoms with Gasteiger partial charge in [0.15, 0.2) is 0 Å². The Morgan fingerprint density at radius 2 is 2.16 bits per heavy atom. The normalized spacial score (nSPS) is 31.7. The van der Waals surface area contributed by atoms with Gasteiger partial charge in [0.2, 0.25) is 5.91 Å². The second kappa shape index (κ2) is 8.08. The van der Waals surface area contributed by atoms with E-state index >= 15 is 0 Å². The van der Waals surface area contributed by atoms with Crippen molar-refractivity contribution in [1.29, 1.82) is 0 Å². The van der Waals surface area contributed by atoms with Crippen LogP contribution in [-0.4, -0.2) is 42.6 Å². The summed E-state index contributed by atoms with van der Waals surface area (Å²) in [6.07, 6.45) is 6.30. The fourth-order valence-electron chi connectivity index (χ4n) is 2.87. The highest BCUT2D eigenvalue weighted by atomic mass is 35.5. The smallest absolute Gasteiger partial charge is 0.222 e. The zero-order chi connectivity index (χ0) is 13.0. The molecule has 2 aliphatic rings. The third kappa shape index (κ3) is 4.93. The van der Waals surface area contributed by atoms with Crippen molar-refractivity contribution in [3.63, 3.8) is 0 Å². The first-order chi connectivity index (χ1) is 8.66. The molecule has 2 aliphatic heterocycles. The van der Waals surface area contributed by atoms with E-state index in [2.05, 4.69) is 6.92 Å². The third-order valence-electron chi connectivity index (χ3n) is 4.28. The molecule has 2 saturated heterocycles. The summed E-state index contributed by atoms with van der Waals surface area (Å²) in [5, 5.41) is 0. The van der Waals surface area contributed by atoms with Gasteiger partial charge in [0.1, 0.15) is 0 Å². The van der Waals surface area contributed by atoms with Crippen LogP contribution in [0.3, 0.4) is 0 Å². The summed E-state index contributed by atoms with van der Waals surface area (Å²) in [5.41, 5.74) is 5.97.